The Balaban J connectivity index is 1.25. The molecule has 4 rings (SSSR count). The predicted molar refractivity (Wildman–Crippen MR) is 163 cm³/mol. The fourth-order valence-corrected chi connectivity index (χ4v) is 6.68. The minimum absolute atomic E-state index is 0.269. The van der Waals surface area contributed by atoms with Gasteiger partial charge >= 0.3 is 6.09 Å². The summed E-state index contributed by atoms with van der Waals surface area (Å²) in [6.07, 6.45) is 18.9. The van der Waals surface area contributed by atoms with Gasteiger partial charge in [-0.15, -0.1) is 0 Å². The average molecular weight is 573 g/mol. The van der Waals surface area contributed by atoms with Crippen molar-refractivity contribution >= 4 is 35.5 Å². The zero-order valence-corrected chi connectivity index (χ0v) is 25.6. The maximum Gasteiger partial charge on any atom is 0.410 e. The summed E-state index contributed by atoms with van der Waals surface area (Å²) in [6, 6.07) is 2.49. The summed E-state index contributed by atoms with van der Waals surface area (Å²) in [5, 5.41) is 0.693. The van der Waals surface area contributed by atoms with E-state index in [4.69, 9.17) is 21.3 Å². The van der Waals surface area contributed by atoms with Crippen LogP contribution in [0.4, 0.5) is 10.6 Å². The second-order valence-corrected chi connectivity index (χ2v) is 13.3. The highest BCUT2D eigenvalue weighted by Crippen LogP contribution is 2.33. The van der Waals surface area contributed by atoms with Crippen LogP contribution in [0.15, 0.2) is 18.3 Å². The van der Waals surface area contributed by atoms with E-state index in [9.17, 15) is 9.59 Å². The summed E-state index contributed by atoms with van der Waals surface area (Å²) in [4.78, 5) is 35.1. The molecule has 1 aliphatic carbocycles. The lowest BCUT2D eigenvalue weighted by atomic mass is 9.92. The molecule has 3 heterocycles. The smallest absolute Gasteiger partial charge is 0.410 e. The lowest BCUT2D eigenvalue weighted by molar-refractivity contribution is -0.120. The van der Waals surface area contributed by atoms with Gasteiger partial charge in [-0.1, -0.05) is 49.8 Å². The van der Waals surface area contributed by atoms with Crippen molar-refractivity contribution in [1.29, 1.82) is 0 Å². The number of hydrogen-bond donors (Lipinski definition) is 0. The molecule has 2 fully saturated rings. The highest BCUT2D eigenvalue weighted by atomic mass is 35.5. The van der Waals surface area contributed by atoms with Gasteiger partial charge in [0.2, 0.25) is 6.41 Å². The van der Waals surface area contributed by atoms with Crippen molar-refractivity contribution < 1.29 is 14.3 Å². The fourth-order valence-electron chi connectivity index (χ4n) is 6.39. The Morgan fingerprint density at radius 3 is 2.55 bits per heavy atom. The molecule has 1 unspecified atom stereocenters. The molecule has 0 bridgehead atoms. The quantitative estimate of drug-likeness (QED) is 0.176. The second-order valence-electron chi connectivity index (χ2n) is 12.9. The van der Waals surface area contributed by atoms with Gasteiger partial charge in [0, 0.05) is 45.0 Å². The summed E-state index contributed by atoms with van der Waals surface area (Å²) in [5.74, 6) is 1.51. The number of hydrogen-bond acceptors (Lipinski definition) is 5. The third-order valence-electron chi connectivity index (χ3n) is 8.58. The summed E-state index contributed by atoms with van der Waals surface area (Å²) < 4.78 is 5.51. The summed E-state index contributed by atoms with van der Waals surface area (Å²) in [6.45, 7) is 9.68. The number of piperidine rings is 1. The van der Waals surface area contributed by atoms with Gasteiger partial charge in [0.1, 0.15) is 11.4 Å². The van der Waals surface area contributed by atoms with E-state index in [2.05, 4.69) is 15.9 Å². The number of nitrogens with zero attached hydrogens (tertiary/aromatic N) is 4. The first-order valence-corrected chi connectivity index (χ1v) is 15.9. The highest BCUT2D eigenvalue weighted by Gasteiger charge is 2.26. The molecule has 1 saturated carbocycles. The maximum atomic E-state index is 12.4. The number of aromatic nitrogens is 1. The molecule has 0 spiro atoms. The first-order chi connectivity index (χ1) is 19.2. The van der Waals surface area contributed by atoms with Gasteiger partial charge in [-0.05, 0) is 88.8 Å². The van der Waals surface area contributed by atoms with Gasteiger partial charge in [-0.3, -0.25) is 4.79 Å². The Morgan fingerprint density at radius 2 is 1.90 bits per heavy atom. The Hall–Kier alpha value is -2.28. The van der Waals surface area contributed by atoms with Crippen LogP contribution in [0.2, 0.25) is 5.02 Å². The molecule has 3 aliphatic rings. The Labute approximate surface area is 246 Å². The Kier molecular flexibility index (Phi) is 11.2. The number of rotatable bonds is 9. The van der Waals surface area contributed by atoms with E-state index in [-0.39, 0.29) is 6.09 Å². The molecule has 0 aromatic carbocycles. The lowest BCUT2D eigenvalue weighted by Gasteiger charge is -2.34. The molecule has 40 heavy (non-hydrogen) atoms. The van der Waals surface area contributed by atoms with Crippen molar-refractivity contribution in [2.24, 2.45) is 5.92 Å². The topological polar surface area (TPSA) is 66.0 Å². The molecule has 2 aliphatic heterocycles. The van der Waals surface area contributed by atoms with Crippen LogP contribution in [0, 0.1) is 5.92 Å². The van der Waals surface area contributed by atoms with E-state index >= 15 is 0 Å². The molecule has 0 radical (unpaired) electrons. The molecular formula is C32H49ClN4O3. The van der Waals surface area contributed by atoms with Gasteiger partial charge in [0.25, 0.3) is 0 Å². The van der Waals surface area contributed by atoms with Crippen LogP contribution in [-0.4, -0.2) is 71.7 Å². The molecule has 222 valence electrons. The van der Waals surface area contributed by atoms with Crippen LogP contribution in [0.1, 0.15) is 103 Å². The minimum Gasteiger partial charge on any atom is -0.444 e. The number of amides is 2. The third kappa shape index (κ3) is 8.86. The molecule has 0 N–H and O–H groups in total. The van der Waals surface area contributed by atoms with E-state index < -0.39 is 5.60 Å². The molecule has 1 aromatic heterocycles. The lowest BCUT2D eigenvalue weighted by Crippen LogP contribution is -2.39. The molecule has 1 atom stereocenters. The van der Waals surface area contributed by atoms with Crippen LogP contribution in [0.5, 0.6) is 0 Å². The van der Waals surface area contributed by atoms with Gasteiger partial charge in [-0.25, -0.2) is 9.78 Å². The molecule has 2 amide bonds. The second kappa shape index (κ2) is 14.6. The largest absolute Gasteiger partial charge is 0.444 e. The van der Waals surface area contributed by atoms with Crippen molar-refractivity contribution in [1.82, 2.24) is 14.8 Å². The van der Waals surface area contributed by atoms with E-state index in [1.807, 2.05) is 33.0 Å². The number of pyridine rings is 1. The monoisotopic (exact) mass is 572 g/mol. The van der Waals surface area contributed by atoms with E-state index in [0.29, 0.717) is 30.1 Å². The Bertz CT molecular complexity index is 1020. The van der Waals surface area contributed by atoms with E-state index in [1.165, 1.54) is 56.9 Å². The number of anilines is 1. The summed E-state index contributed by atoms with van der Waals surface area (Å²) in [5.41, 5.74) is 1.71. The maximum absolute atomic E-state index is 12.4. The molecule has 1 aromatic rings. The highest BCUT2D eigenvalue weighted by molar-refractivity contribution is 6.33. The first-order valence-electron chi connectivity index (χ1n) is 15.5. The summed E-state index contributed by atoms with van der Waals surface area (Å²) >= 11 is 6.79. The summed E-state index contributed by atoms with van der Waals surface area (Å²) in [7, 11) is 0. The average Bonchev–Trinajstić information content (AvgIpc) is 3.22. The van der Waals surface area contributed by atoms with E-state index in [0.717, 1.165) is 63.1 Å². The van der Waals surface area contributed by atoms with Gasteiger partial charge in [-0.2, -0.15) is 0 Å². The molecule has 1 saturated heterocycles. The SMILES string of the molecule is CC(C)(C)OC(=O)N1CC=C(c2cnc(N3CCCC(CCCCN(C=O)C4CCCCCC4)C3)c(Cl)c2)CC1. The van der Waals surface area contributed by atoms with Crippen LogP contribution in [0.3, 0.4) is 0 Å². The Morgan fingerprint density at radius 1 is 1.12 bits per heavy atom. The number of ether oxygens (including phenoxy) is 1. The van der Waals surface area contributed by atoms with Crippen LogP contribution >= 0.6 is 11.6 Å². The van der Waals surface area contributed by atoms with Crippen LogP contribution < -0.4 is 4.90 Å². The number of unbranched alkanes of at least 4 members (excludes halogenated alkanes) is 1. The zero-order valence-electron chi connectivity index (χ0n) is 24.9. The van der Waals surface area contributed by atoms with Crippen molar-refractivity contribution in [2.75, 3.05) is 37.6 Å². The molecular weight excluding hydrogens is 524 g/mol. The fraction of sp³-hybridized carbons (Fsp3) is 0.719. The van der Waals surface area contributed by atoms with Crippen molar-refractivity contribution in [3.8, 4) is 0 Å². The number of halogens is 1. The van der Waals surface area contributed by atoms with Crippen molar-refractivity contribution in [3.05, 3.63) is 28.9 Å². The number of carbonyl (C=O) groups excluding carboxylic acids is 2. The van der Waals surface area contributed by atoms with Gasteiger partial charge in [0.05, 0.1) is 5.02 Å². The first kappa shape index (κ1) is 30.7. The molecule has 7 nitrogen and oxygen atoms in total. The third-order valence-corrected chi connectivity index (χ3v) is 8.86. The minimum atomic E-state index is -0.493. The molecule has 8 heteroatoms. The van der Waals surface area contributed by atoms with Gasteiger partial charge < -0.3 is 19.4 Å². The van der Waals surface area contributed by atoms with Crippen molar-refractivity contribution in [3.63, 3.8) is 0 Å². The van der Waals surface area contributed by atoms with E-state index in [1.54, 1.807) is 4.90 Å². The zero-order chi connectivity index (χ0) is 28.5. The van der Waals surface area contributed by atoms with Crippen LogP contribution in [-0.2, 0) is 9.53 Å². The van der Waals surface area contributed by atoms with Gasteiger partial charge in [0.15, 0.2) is 0 Å². The standard InChI is InChI=1S/C32H49ClN4O3/c1-32(2,3)40-31(39)35-19-15-26(16-20-35)27-21-29(33)30(34-22-27)36-18-10-12-25(23-36)11-8-9-17-37(24-38)28-13-6-4-5-7-14-28/h15,21-22,24-25,28H,4-14,16-20,23H2,1-3H3. The van der Waals surface area contributed by atoms with Crippen molar-refractivity contribution in [2.45, 2.75) is 109 Å². The predicted octanol–water partition coefficient (Wildman–Crippen LogP) is 7.33. The normalized spacial score (nSPS) is 21.0. The number of carbonyl (C=O) groups is 2. The van der Waals surface area contributed by atoms with Crippen LogP contribution in [0.25, 0.3) is 5.57 Å².